The smallest absolute Gasteiger partial charge is 0.343 e. The Morgan fingerprint density at radius 1 is 0.941 bits per heavy atom. The van der Waals surface area contributed by atoms with Crippen molar-refractivity contribution in [1.82, 2.24) is 0 Å². The first-order chi connectivity index (χ1) is 16.2. The number of rotatable bonds is 5. The number of allylic oxidation sites excluding steroid dienone is 1. The van der Waals surface area contributed by atoms with Gasteiger partial charge in [0.15, 0.2) is 17.3 Å². The van der Waals surface area contributed by atoms with E-state index in [0.29, 0.717) is 33.9 Å². The molecule has 0 radical (unpaired) electrons. The van der Waals surface area contributed by atoms with Crippen molar-refractivity contribution < 1.29 is 28.5 Å². The molecule has 6 heteroatoms. The molecule has 0 fully saturated rings. The van der Waals surface area contributed by atoms with Crippen LogP contribution >= 0.6 is 0 Å². The maximum absolute atomic E-state index is 12.8. The average molecular weight is 459 g/mol. The topological polar surface area (TPSA) is 71.1 Å². The fraction of sp³-hybridized carbons (Fsp3) is 0.214. The van der Waals surface area contributed by atoms with Crippen LogP contribution in [0.25, 0.3) is 6.08 Å². The number of carbonyl (C=O) groups excluding carboxylic acids is 2. The second-order valence-electron chi connectivity index (χ2n) is 8.90. The quantitative estimate of drug-likeness (QED) is 0.272. The molecule has 0 spiro atoms. The number of hydrogen-bond acceptors (Lipinski definition) is 6. The van der Waals surface area contributed by atoms with E-state index in [-0.39, 0.29) is 22.7 Å². The molecule has 6 nitrogen and oxygen atoms in total. The Balaban J connectivity index is 1.54. The van der Waals surface area contributed by atoms with Crippen LogP contribution in [-0.2, 0) is 5.41 Å². The summed E-state index contributed by atoms with van der Waals surface area (Å²) in [6.07, 6.45) is 1.60. The number of esters is 1. The van der Waals surface area contributed by atoms with E-state index >= 15 is 0 Å². The molecule has 1 aliphatic rings. The zero-order valence-corrected chi connectivity index (χ0v) is 19.8. The van der Waals surface area contributed by atoms with Gasteiger partial charge in [-0.25, -0.2) is 4.79 Å². The Labute approximate surface area is 198 Å². The minimum atomic E-state index is -0.485. The van der Waals surface area contributed by atoms with Crippen molar-refractivity contribution in [1.29, 1.82) is 0 Å². The minimum Gasteiger partial charge on any atom is -0.493 e. The number of benzene rings is 3. The highest BCUT2D eigenvalue weighted by Crippen LogP contribution is 2.37. The highest BCUT2D eigenvalue weighted by atomic mass is 16.5. The van der Waals surface area contributed by atoms with E-state index in [2.05, 4.69) is 20.8 Å². The Kier molecular flexibility index (Phi) is 6.16. The van der Waals surface area contributed by atoms with Crippen molar-refractivity contribution in [3.63, 3.8) is 0 Å². The van der Waals surface area contributed by atoms with Crippen molar-refractivity contribution in [3.8, 4) is 23.0 Å². The van der Waals surface area contributed by atoms with Crippen LogP contribution in [0.4, 0.5) is 0 Å². The summed E-state index contributed by atoms with van der Waals surface area (Å²) in [5, 5.41) is 0. The Bertz CT molecular complexity index is 1280. The number of Topliss-reactive ketones (excluding diaryl/α,β-unsaturated/α-hetero) is 1. The van der Waals surface area contributed by atoms with Gasteiger partial charge in [0.05, 0.1) is 25.3 Å². The van der Waals surface area contributed by atoms with Gasteiger partial charge in [0.25, 0.3) is 0 Å². The third-order valence-electron chi connectivity index (χ3n) is 5.56. The zero-order valence-electron chi connectivity index (χ0n) is 19.8. The van der Waals surface area contributed by atoms with E-state index < -0.39 is 5.97 Å². The van der Waals surface area contributed by atoms with Crippen molar-refractivity contribution >= 4 is 17.8 Å². The molecule has 0 N–H and O–H groups in total. The number of ketones is 1. The van der Waals surface area contributed by atoms with Crippen LogP contribution in [0.2, 0.25) is 0 Å². The number of fused-ring (bicyclic) bond motifs is 1. The molecular formula is C28H26O6. The fourth-order valence-electron chi connectivity index (χ4n) is 3.67. The first kappa shape index (κ1) is 23.1. The fourth-order valence-corrected chi connectivity index (χ4v) is 3.67. The average Bonchev–Trinajstić information content (AvgIpc) is 3.12. The molecule has 174 valence electrons. The first-order valence-corrected chi connectivity index (χ1v) is 10.8. The van der Waals surface area contributed by atoms with Crippen LogP contribution in [0.5, 0.6) is 23.0 Å². The summed E-state index contributed by atoms with van der Waals surface area (Å²) in [5.74, 6) is 1.05. The van der Waals surface area contributed by atoms with Gasteiger partial charge in [-0.15, -0.1) is 0 Å². The highest BCUT2D eigenvalue weighted by Gasteiger charge is 2.28. The molecule has 1 heterocycles. The lowest BCUT2D eigenvalue weighted by Gasteiger charge is -2.18. The third-order valence-corrected chi connectivity index (χ3v) is 5.56. The summed E-state index contributed by atoms with van der Waals surface area (Å²) in [7, 11) is 3.08. The summed E-state index contributed by atoms with van der Waals surface area (Å²) in [6, 6.07) is 17.4. The lowest BCUT2D eigenvalue weighted by atomic mass is 9.87. The SMILES string of the molecule is COc1cccc(/C=C2\Oc3cc(OC(=O)c4ccc(C(C)(C)C)cc4)ccc3C2=O)c1OC. The van der Waals surface area contributed by atoms with E-state index in [9.17, 15) is 9.59 Å². The van der Waals surface area contributed by atoms with Crippen LogP contribution in [0.3, 0.4) is 0 Å². The van der Waals surface area contributed by atoms with Gasteiger partial charge in [0.1, 0.15) is 11.5 Å². The maximum atomic E-state index is 12.8. The molecule has 3 aromatic rings. The number of para-hydroxylation sites is 1. The van der Waals surface area contributed by atoms with Gasteiger partial charge < -0.3 is 18.9 Å². The summed E-state index contributed by atoms with van der Waals surface area (Å²) in [5.41, 5.74) is 2.59. The molecule has 3 aromatic carbocycles. The Hall–Kier alpha value is -4.06. The van der Waals surface area contributed by atoms with E-state index in [1.54, 1.807) is 55.7 Å². The second kappa shape index (κ2) is 9.06. The summed E-state index contributed by atoms with van der Waals surface area (Å²) >= 11 is 0. The predicted octanol–water partition coefficient (Wildman–Crippen LogP) is 5.84. The highest BCUT2D eigenvalue weighted by molar-refractivity contribution is 6.14. The largest absolute Gasteiger partial charge is 0.493 e. The predicted molar refractivity (Wildman–Crippen MR) is 129 cm³/mol. The normalized spacial score (nSPS) is 13.9. The van der Waals surface area contributed by atoms with Crippen LogP contribution in [0, 0.1) is 0 Å². The molecule has 4 rings (SSSR count). The van der Waals surface area contributed by atoms with Crippen molar-refractivity contribution in [2.45, 2.75) is 26.2 Å². The van der Waals surface area contributed by atoms with E-state index in [1.807, 2.05) is 12.1 Å². The zero-order chi connectivity index (χ0) is 24.5. The van der Waals surface area contributed by atoms with Crippen molar-refractivity contribution in [2.75, 3.05) is 14.2 Å². The molecule has 0 aliphatic carbocycles. The summed E-state index contributed by atoms with van der Waals surface area (Å²) < 4.78 is 22.1. The number of hydrogen-bond donors (Lipinski definition) is 0. The minimum absolute atomic E-state index is 0.00752. The molecule has 34 heavy (non-hydrogen) atoms. The first-order valence-electron chi connectivity index (χ1n) is 10.8. The third kappa shape index (κ3) is 4.53. The van der Waals surface area contributed by atoms with Crippen LogP contribution in [0.15, 0.2) is 66.4 Å². The van der Waals surface area contributed by atoms with Gasteiger partial charge in [0, 0.05) is 11.6 Å². The molecular weight excluding hydrogens is 432 g/mol. The molecule has 0 bridgehead atoms. The summed E-state index contributed by atoms with van der Waals surface area (Å²) in [4.78, 5) is 25.5. The number of carbonyl (C=O) groups is 2. The number of ether oxygens (including phenoxy) is 4. The van der Waals surface area contributed by atoms with E-state index in [4.69, 9.17) is 18.9 Å². The van der Waals surface area contributed by atoms with Gasteiger partial charge in [-0.05, 0) is 47.4 Å². The molecule has 0 atom stereocenters. The van der Waals surface area contributed by atoms with Crippen LogP contribution in [0.1, 0.15) is 52.6 Å². The van der Waals surface area contributed by atoms with Crippen LogP contribution < -0.4 is 18.9 Å². The molecule has 0 amide bonds. The van der Waals surface area contributed by atoms with E-state index in [0.717, 1.165) is 5.56 Å². The van der Waals surface area contributed by atoms with Crippen molar-refractivity contribution in [2.24, 2.45) is 0 Å². The molecule has 0 aromatic heterocycles. The second-order valence-corrected chi connectivity index (χ2v) is 8.90. The molecule has 0 unspecified atom stereocenters. The van der Waals surface area contributed by atoms with E-state index in [1.165, 1.54) is 13.2 Å². The van der Waals surface area contributed by atoms with Gasteiger partial charge in [-0.1, -0.05) is 45.0 Å². The lowest BCUT2D eigenvalue weighted by Crippen LogP contribution is -2.12. The standard InChI is InChI=1S/C28H26O6/c1-28(2,3)19-11-9-17(10-12-19)27(30)33-20-13-14-21-23(16-20)34-24(25(21)29)15-18-7-6-8-22(31-4)26(18)32-5/h6-16H,1-5H3/b24-15-. The van der Waals surface area contributed by atoms with Gasteiger partial charge in [-0.3, -0.25) is 4.79 Å². The summed E-state index contributed by atoms with van der Waals surface area (Å²) in [6.45, 7) is 6.33. The molecule has 0 saturated heterocycles. The Morgan fingerprint density at radius 3 is 2.32 bits per heavy atom. The van der Waals surface area contributed by atoms with Crippen molar-refractivity contribution in [3.05, 3.63) is 88.7 Å². The van der Waals surface area contributed by atoms with Gasteiger partial charge in [-0.2, -0.15) is 0 Å². The van der Waals surface area contributed by atoms with Gasteiger partial charge >= 0.3 is 5.97 Å². The Morgan fingerprint density at radius 2 is 1.68 bits per heavy atom. The van der Waals surface area contributed by atoms with Crippen LogP contribution in [-0.4, -0.2) is 26.0 Å². The number of methoxy groups -OCH3 is 2. The lowest BCUT2D eigenvalue weighted by molar-refractivity contribution is 0.0734. The maximum Gasteiger partial charge on any atom is 0.343 e. The monoisotopic (exact) mass is 458 g/mol. The van der Waals surface area contributed by atoms with Gasteiger partial charge in [0.2, 0.25) is 5.78 Å². The molecule has 0 saturated carbocycles. The molecule has 1 aliphatic heterocycles.